The second-order valence-corrected chi connectivity index (χ2v) is 6.82. The minimum atomic E-state index is -4.53. The van der Waals surface area contributed by atoms with E-state index in [1.807, 2.05) is 13.8 Å². The summed E-state index contributed by atoms with van der Waals surface area (Å²) in [5, 5.41) is 3.64. The highest BCUT2D eigenvalue weighted by Crippen LogP contribution is 2.36. The number of hydrogen-bond donors (Lipinski definition) is 1. The zero-order chi connectivity index (χ0) is 18.6. The average Bonchev–Trinajstić information content (AvgIpc) is 2.84. The van der Waals surface area contributed by atoms with E-state index in [2.05, 4.69) is 10.3 Å². The molecule has 4 nitrogen and oxygen atoms in total. The monoisotopic (exact) mass is 372 g/mol. The SMILES string of the molecule is Cc1nc(C)c(CCNC(=O)C(C)Oc2ccccc2C(F)(F)F)s1. The molecule has 0 aliphatic heterocycles. The van der Waals surface area contributed by atoms with Crippen LogP contribution in [0, 0.1) is 13.8 Å². The summed E-state index contributed by atoms with van der Waals surface area (Å²) in [7, 11) is 0. The van der Waals surface area contributed by atoms with Gasteiger partial charge >= 0.3 is 6.18 Å². The van der Waals surface area contributed by atoms with E-state index >= 15 is 0 Å². The van der Waals surface area contributed by atoms with Crippen LogP contribution in [0.15, 0.2) is 24.3 Å². The molecule has 136 valence electrons. The van der Waals surface area contributed by atoms with Crippen molar-refractivity contribution < 1.29 is 22.7 Å². The van der Waals surface area contributed by atoms with Gasteiger partial charge in [0.25, 0.3) is 5.91 Å². The molecule has 0 radical (unpaired) electrons. The Kier molecular flexibility index (Phi) is 6.05. The van der Waals surface area contributed by atoms with Crippen LogP contribution in [0.3, 0.4) is 0 Å². The third kappa shape index (κ3) is 5.19. The molecule has 1 aromatic carbocycles. The molecule has 0 saturated carbocycles. The lowest BCUT2D eigenvalue weighted by molar-refractivity contribution is -0.140. The number of carbonyl (C=O) groups is 1. The fourth-order valence-electron chi connectivity index (χ4n) is 2.30. The number of nitrogens with zero attached hydrogens (tertiary/aromatic N) is 1. The lowest BCUT2D eigenvalue weighted by atomic mass is 10.2. The van der Waals surface area contributed by atoms with Crippen LogP contribution in [0.25, 0.3) is 0 Å². The van der Waals surface area contributed by atoms with Crippen molar-refractivity contribution in [1.29, 1.82) is 0 Å². The minimum Gasteiger partial charge on any atom is -0.480 e. The van der Waals surface area contributed by atoms with E-state index in [0.29, 0.717) is 13.0 Å². The standard InChI is InChI=1S/C17H19F3N2O2S/c1-10-15(25-12(3)22-10)8-9-21-16(23)11(2)24-14-7-5-4-6-13(14)17(18,19)20/h4-7,11H,8-9H2,1-3H3,(H,21,23). The maximum Gasteiger partial charge on any atom is 0.419 e. The van der Waals surface area contributed by atoms with Crippen LogP contribution in [0.2, 0.25) is 0 Å². The van der Waals surface area contributed by atoms with Crippen molar-refractivity contribution in [1.82, 2.24) is 10.3 Å². The van der Waals surface area contributed by atoms with Gasteiger partial charge in [0.2, 0.25) is 0 Å². The summed E-state index contributed by atoms with van der Waals surface area (Å²) in [6.07, 6.45) is -4.95. The Bertz CT molecular complexity index is 744. The fraction of sp³-hybridized carbons (Fsp3) is 0.412. The van der Waals surface area contributed by atoms with Gasteiger partial charge in [0.1, 0.15) is 5.75 Å². The van der Waals surface area contributed by atoms with Crippen molar-refractivity contribution in [3.05, 3.63) is 45.4 Å². The maximum atomic E-state index is 12.9. The minimum absolute atomic E-state index is 0.355. The van der Waals surface area contributed by atoms with Crippen molar-refractivity contribution in [2.24, 2.45) is 0 Å². The number of carbonyl (C=O) groups excluding carboxylic acids is 1. The molecule has 0 spiro atoms. The number of halogens is 3. The predicted octanol–water partition coefficient (Wildman–Crippen LogP) is 3.90. The number of para-hydroxylation sites is 1. The zero-order valence-corrected chi connectivity index (χ0v) is 14.9. The van der Waals surface area contributed by atoms with Crippen molar-refractivity contribution in [2.45, 2.75) is 39.5 Å². The first-order valence-corrected chi connectivity index (χ1v) is 8.53. The molecule has 8 heteroatoms. The van der Waals surface area contributed by atoms with Crippen molar-refractivity contribution in [2.75, 3.05) is 6.54 Å². The summed E-state index contributed by atoms with van der Waals surface area (Å²) in [5.41, 5.74) is 0.0329. The topological polar surface area (TPSA) is 51.2 Å². The molecule has 2 aromatic rings. The first kappa shape index (κ1) is 19.2. The summed E-state index contributed by atoms with van der Waals surface area (Å²) >= 11 is 1.56. The van der Waals surface area contributed by atoms with E-state index in [9.17, 15) is 18.0 Å². The number of hydrogen-bond acceptors (Lipinski definition) is 4. The van der Waals surface area contributed by atoms with E-state index in [0.717, 1.165) is 21.6 Å². The van der Waals surface area contributed by atoms with E-state index in [1.54, 1.807) is 11.3 Å². The van der Waals surface area contributed by atoms with Gasteiger partial charge in [-0.15, -0.1) is 11.3 Å². The Morgan fingerprint density at radius 1 is 1.32 bits per heavy atom. The van der Waals surface area contributed by atoms with Crippen LogP contribution < -0.4 is 10.1 Å². The summed E-state index contributed by atoms with van der Waals surface area (Å²) < 4.78 is 44.1. The van der Waals surface area contributed by atoms with Crippen LogP contribution in [-0.2, 0) is 17.4 Å². The number of rotatable bonds is 6. The molecule has 0 bridgehead atoms. The van der Waals surface area contributed by atoms with Crippen LogP contribution in [0.5, 0.6) is 5.75 Å². The Morgan fingerprint density at radius 2 is 2.00 bits per heavy atom. The number of ether oxygens (including phenoxy) is 1. The summed E-state index contributed by atoms with van der Waals surface area (Å²) in [6, 6.07) is 4.84. The van der Waals surface area contributed by atoms with Gasteiger partial charge in [-0.2, -0.15) is 13.2 Å². The van der Waals surface area contributed by atoms with Gasteiger partial charge in [-0.25, -0.2) is 4.98 Å². The van der Waals surface area contributed by atoms with Gasteiger partial charge in [0.05, 0.1) is 16.3 Å². The van der Waals surface area contributed by atoms with Crippen molar-refractivity contribution in [3.63, 3.8) is 0 Å². The molecular formula is C17H19F3N2O2S. The Labute approximate surface area is 148 Å². The zero-order valence-electron chi connectivity index (χ0n) is 14.1. The molecule has 1 N–H and O–H groups in total. The van der Waals surface area contributed by atoms with Gasteiger partial charge in [0.15, 0.2) is 6.10 Å². The van der Waals surface area contributed by atoms with E-state index in [4.69, 9.17) is 4.74 Å². The number of aryl methyl sites for hydroxylation is 2. The van der Waals surface area contributed by atoms with Crippen molar-refractivity contribution >= 4 is 17.2 Å². The molecule has 1 atom stereocenters. The predicted molar refractivity (Wildman–Crippen MR) is 89.8 cm³/mol. The maximum absolute atomic E-state index is 12.9. The first-order chi connectivity index (χ1) is 11.7. The molecular weight excluding hydrogens is 353 g/mol. The summed E-state index contributed by atoms with van der Waals surface area (Å²) in [5.74, 6) is -0.817. The Balaban J connectivity index is 1.92. The molecule has 1 amide bonds. The molecule has 0 saturated heterocycles. The molecule has 1 unspecified atom stereocenters. The number of alkyl halides is 3. The van der Waals surface area contributed by atoms with Crippen LogP contribution in [-0.4, -0.2) is 23.5 Å². The number of thiazole rings is 1. The second kappa shape index (κ2) is 7.86. The summed E-state index contributed by atoms with van der Waals surface area (Å²) in [4.78, 5) is 17.4. The van der Waals surface area contributed by atoms with Crippen molar-refractivity contribution in [3.8, 4) is 5.75 Å². The quantitative estimate of drug-likeness (QED) is 0.837. The third-order valence-electron chi connectivity index (χ3n) is 3.52. The number of nitrogens with one attached hydrogen (secondary N) is 1. The molecule has 0 fully saturated rings. The lowest BCUT2D eigenvalue weighted by Crippen LogP contribution is -2.37. The van der Waals surface area contributed by atoms with Gasteiger partial charge in [0, 0.05) is 17.8 Å². The van der Waals surface area contributed by atoms with Crippen LogP contribution >= 0.6 is 11.3 Å². The second-order valence-electron chi connectivity index (χ2n) is 5.54. The Morgan fingerprint density at radius 3 is 2.60 bits per heavy atom. The van der Waals surface area contributed by atoms with Crippen LogP contribution in [0.4, 0.5) is 13.2 Å². The Hall–Kier alpha value is -2.09. The normalized spacial score (nSPS) is 12.7. The number of benzene rings is 1. The summed E-state index contributed by atoms with van der Waals surface area (Å²) in [6.45, 7) is 5.61. The average molecular weight is 372 g/mol. The number of aromatic nitrogens is 1. The number of amides is 1. The highest BCUT2D eigenvalue weighted by Gasteiger charge is 2.34. The van der Waals surface area contributed by atoms with E-state index in [1.165, 1.54) is 25.1 Å². The smallest absolute Gasteiger partial charge is 0.419 e. The highest BCUT2D eigenvalue weighted by atomic mass is 32.1. The largest absolute Gasteiger partial charge is 0.480 e. The first-order valence-electron chi connectivity index (χ1n) is 7.72. The van der Waals surface area contributed by atoms with Gasteiger partial charge in [-0.3, -0.25) is 4.79 Å². The van der Waals surface area contributed by atoms with E-state index < -0.39 is 23.8 Å². The molecule has 2 rings (SSSR count). The van der Waals surface area contributed by atoms with Crippen LogP contribution in [0.1, 0.15) is 28.1 Å². The lowest BCUT2D eigenvalue weighted by Gasteiger charge is -2.18. The van der Waals surface area contributed by atoms with Gasteiger partial charge in [-0.1, -0.05) is 12.1 Å². The van der Waals surface area contributed by atoms with E-state index in [-0.39, 0.29) is 5.75 Å². The molecule has 0 aliphatic carbocycles. The molecule has 1 heterocycles. The molecule has 25 heavy (non-hydrogen) atoms. The van der Waals surface area contributed by atoms with Gasteiger partial charge in [-0.05, 0) is 32.9 Å². The molecule has 1 aromatic heterocycles. The fourth-order valence-corrected chi connectivity index (χ4v) is 3.23. The third-order valence-corrected chi connectivity index (χ3v) is 4.65. The van der Waals surface area contributed by atoms with Gasteiger partial charge < -0.3 is 10.1 Å². The molecule has 0 aliphatic rings. The highest BCUT2D eigenvalue weighted by molar-refractivity contribution is 7.11.